The number of unbranched alkanes of at least 4 members (excludes halogenated alkanes) is 4. The number of amides is 1. The van der Waals surface area contributed by atoms with Crippen molar-refractivity contribution in [2.75, 3.05) is 13.1 Å². The summed E-state index contributed by atoms with van der Waals surface area (Å²) in [5, 5.41) is 0. The van der Waals surface area contributed by atoms with Crippen molar-refractivity contribution in [3.8, 4) is 0 Å². The van der Waals surface area contributed by atoms with Crippen LogP contribution in [0.25, 0.3) is 0 Å². The molecule has 18 heavy (non-hydrogen) atoms. The van der Waals surface area contributed by atoms with Crippen LogP contribution >= 0.6 is 0 Å². The SMILES string of the molecule is CCCCCC1CCCCN(CCCCC)C1=O. The minimum absolute atomic E-state index is 0.334. The number of hydrogen-bond donors (Lipinski definition) is 0. The van der Waals surface area contributed by atoms with Gasteiger partial charge in [0, 0.05) is 19.0 Å². The van der Waals surface area contributed by atoms with Crippen LogP contribution in [-0.2, 0) is 4.79 Å². The molecule has 1 amide bonds. The summed E-state index contributed by atoms with van der Waals surface area (Å²) in [6.07, 6.45) is 12.1. The topological polar surface area (TPSA) is 20.3 Å². The number of hydrogen-bond acceptors (Lipinski definition) is 1. The fraction of sp³-hybridized carbons (Fsp3) is 0.938. The Morgan fingerprint density at radius 3 is 2.50 bits per heavy atom. The Hall–Kier alpha value is -0.530. The molecular weight excluding hydrogens is 222 g/mol. The second kappa shape index (κ2) is 9.41. The fourth-order valence-electron chi connectivity index (χ4n) is 2.87. The third-order valence-corrected chi connectivity index (χ3v) is 4.08. The lowest BCUT2D eigenvalue weighted by molar-refractivity contribution is -0.135. The monoisotopic (exact) mass is 253 g/mol. The maximum absolute atomic E-state index is 12.5. The van der Waals surface area contributed by atoms with Gasteiger partial charge in [0.05, 0.1) is 0 Å². The van der Waals surface area contributed by atoms with E-state index < -0.39 is 0 Å². The minimum atomic E-state index is 0.334. The molecule has 1 atom stereocenters. The van der Waals surface area contributed by atoms with Crippen LogP contribution < -0.4 is 0 Å². The molecule has 0 aromatic heterocycles. The van der Waals surface area contributed by atoms with Crippen LogP contribution in [0.3, 0.4) is 0 Å². The molecule has 0 N–H and O–H groups in total. The van der Waals surface area contributed by atoms with Crippen LogP contribution in [0.5, 0.6) is 0 Å². The zero-order valence-electron chi connectivity index (χ0n) is 12.4. The Balaban J connectivity index is 2.39. The molecular formula is C16H31NO. The third kappa shape index (κ3) is 5.41. The van der Waals surface area contributed by atoms with Crippen molar-refractivity contribution in [3.05, 3.63) is 0 Å². The Bertz CT molecular complexity index is 205. The maximum atomic E-state index is 12.5. The van der Waals surface area contributed by atoms with E-state index in [2.05, 4.69) is 18.7 Å². The Morgan fingerprint density at radius 1 is 1.06 bits per heavy atom. The van der Waals surface area contributed by atoms with Gasteiger partial charge in [0.15, 0.2) is 0 Å². The minimum Gasteiger partial charge on any atom is -0.342 e. The quantitative estimate of drug-likeness (QED) is 0.588. The van der Waals surface area contributed by atoms with Crippen molar-refractivity contribution in [1.29, 1.82) is 0 Å². The van der Waals surface area contributed by atoms with Gasteiger partial charge in [0.25, 0.3) is 0 Å². The van der Waals surface area contributed by atoms with Gasteiger partial charge in [-0.1, -0.05) is 52.4 Å². The highest BCUT2D eigenvalue weighted by atomic mass is 16.2. The zero-order chi connectivity index (χ0) is 13.2. The molecule has 0 aromatic rings. The second-order valence-electron chi connectivity index (χ2n) is 5.72. The van der Waals surface area contributed by atoms with Crippen LogP contribution in [0.1, 0.15) is 78.1 Å². The molecule has 0 radical (unpaired) electrons. The lowest BCUT2D eigenvalue weighted by Crippen LogP contribution is -2.35. The molecule has 1 aliphatic heterocycles. The van der Waals surface area contributed by atoms with Crippen LogP contribution in [0.15, 0.2) is 0 Å². The smallest absolute Gasteiger partial charge is 0.225 e. The molecule has 2 nitrogen and oxygen atoms in total. The Labute approximate surface area is 113 Å². The highest BCUT2D eigenvalue weighted by Crippen LogP contribution is 2.23. The molecule has 2 heteroatoms. The van der Waals surface area contributed by atoms with E-state index in [9.17, 15) is 4.79 Å². The first-order valence-corrected chi connectivity index (χ1v) is 8.08. The average Bonchev–Trinajstić information content (AvgIpc) is 2.54. The van der Waals surface area contributed by atoms with Crippen molar-refractivity contribution >= 4 is 5.91 Å². The van der Waals surface area contributed by atoms with E-state index in [0.29, 0.717) is 11.8 Å². The predicted octanol–water partition coefficient (Wildman–Crippen LogP) is 4.39. The molecule has 0 aromatic carbocycles. The highest BCUT2D eigenvalue weighted by molar-refractivity contribution is 5.79. The summed E-state index contributed by atoms with van der Waals surface area (Å²) in [7, 11) is 0. The van der Waals surface area contributed by atoms with Crippen LogP contribution in [-0.4, -0.2) is 23.9 Å². The van der Waals surface area contributed by atoms with Crippen molar-refractivity contribution in [1.82, 2.24) is 4.90 Å². The molecule has 106 valence electrons. The van der Waals surface area contributed by atoms with Crippen molar-refractivity contribution in [3.63, 3.8) is 0 Å². The lowest BCUT2D eigenvalue weighted by Gasteiger charge is -2.24. The van der Waals surface area contributed by atoms with Crippen molar-refractivity contribution in [2.45, 2.75) is 78.1 Å². The first-order valence-electron chi connectivity index (χ1n) is 8.08. The van der Waals surface area contributed by atoms with Gasteiger partial charge in [-0.05, 0) is 25.7 Å². The molecule has 1 fully saturated rings. The number of carbonyl (C=O) groups excluding carboxylic acids is 1. The van der Waals surface area contributed by atoms with Gasteiger partial charge < -0.3 is 4.90 Å². The summed E-state index contributed by atoms with van der Waals surface area (Å²) < 4.78 is 0. The van der Waals surface area contributed by atoms with Gasteiger partial charge in [0.2, 0.25) is 5.91 Å². The van der Waals surface area contributed by atoms with E-state index in [1.165, 1.54) is 51.4 Å². The number of carbonyl (C=O) groups is 1. The second-order valence-corrected chi connectivity index (χ2v) is 5.72. The van der Waals surface area contributed by atoms with E-state index in [-0.39, 0.29) is 0 Å². The molecule has 0 spiro atoms. The van der Waals surface area contributed by atoms with Crippen molar-refractivity contribution in [2.24, 2.45) is 5.92 Å². The molecule has 0 saturated carbocycles. The van der Waals surface area contributed by atoms with Crippen molar-refractivity contribution < 1.29 is 4.79 Å². The zero-order valence-corrected chi connectivity index (χ0v) is 12.4. The highest BCUT2D eigenvalue weighted by Gasteiger charge is 2.25. The number of likely N-dealkylation sites (tertiary alicyclic amines) is 1. The summed E-state index contributed by atoms with van der Waals surface area (Å²) in [6, 6.07) is 0. The van der Waals surface area contributed by atoms with Gasteiger partial charge in [-0.3, -0.25) is 4.79 Å². The largest absolute Gasteiger partial charge is 0.342 e. The molecule has 1 aliphatic rings. The molecule has 1 rings (SSSR count). The van der Waals surface area contributed by atoms with E-state index in [1.54, 1.807) is 0 Å². The molecule has 1 unspecified atom stereocenters. The van der Waals surface area contributed by atoms with Gasteiger partial charge in [0.1, 0.15) is 0 Å². The first-order chi connectivity index (χ1) is 8.79. The third-order valence-electron chi connectivity index (χ3n) is 4.08. The van der Waals surface area contributed by atoms with Gasteiger partial charge >= 0.3 is 0 Å². The Kier molecular flexibility index (Phi) is 8.11. The number of rotatable bonds is 8. The van der Waals surface area contributed by atoms with Crippen LogP contribution in [0.4, 0.5) is 0 Å². The first kappa shape index (κ1) is 15.5. The van der Waals surface area contributed by atoms with Crippen LogP contribution in [0, 0.1) is 5.92 Å². The van der Waals surface area contributed by atoms with E-state index in [0.717, 1.165) is 25.9 Å². The summed E-state index contributed by atoms with van der Waals surface area (Å²) in [6.45, 7) is 6.45. The standard InChI is InChI=1S/C16H31NO/c1-3-5-7-11-15-12-8-10-14-17(16(15)18)13-9-6-4-2/h15H,3-14H2,1-2H3. The van der Waals surface area contributed by atoms with Gasteiger partial charge in [-0.15, -0.1) is 0 Å². The fourth-order valence-corrected chi connectivity index (χ4v) is 2.87. The lowest BCUT2D eigenvalue weighted by atomic mass is 9.95. The van der Waals surface area contributed by atoms with E-state index in [1.807, 2.05) is 0 Å². The molecule has 0 aliphatic carbocycles. The molecule has 0 bridgehead atoms. The maximum Gasteiger partial charge on any atom is 0.225 e. The van der Waals surface area contributed by atoms with E-state index in [4.69, 9.17) is 0 Å². The van der Waals surface area contributed by atoms with Gasteiger partial charge in [-0.25, -0.2) is 0 Å². The van der Waals surface area contributed by atoms with E-state index >= 15 is 0 Å². The normalized spacial score (nSPS) is 21.1. The summed E-state index contributed by atoms with van der Waals surface area (Å²) in [5.41, 5.74) is 0. The predicted molar refractivity (Wildman–Crippen MR) is 77.6 cm³/mol. The molecule has 1 heterocycles. The molecule has 1 saturated heterocycles. The average molecular weight is 253 g/mol. The summed E-state index contributed by atoms with van der Waals surface area (Å²) in [5.74, 6) is 0.792. The summed E-state index contributed by atoms with van der Waals surface area (Å²) >= 11 is 0. The van der Waals surface area contributed by atoms with Crippen LogP contribution in [0.2, 0.25) is 0 Å². The Morgan fingerprint density at radius 2 is 1.78 bits per heavy atom. The van der Waals surface area contributed by atoms with Gasteiger partial charge in [-0.2, -0.15) is 0 Å². The number of nitrogens with zero attached hydrogens (tertiary/aromatic N) is 1. The summed E-state index contributed by atoms with van der Waals surface area (Å²) in [4.78, 5) is 14.6.